The quantitative estimate of drug-likeness (QED) is 0.927. The van der Waals surface area contributed by atoms with Crippen LogP contribution in [0.2, 0.25) is 0 Å². The summed E-state index contributed by atoms with van der Waals surface area (Å²) in [6.45, 7) is 7.17. The fourth-order valence-corrected chi connectivity index (χ4v) is 2.87. The molecule has 0 amide bonds. The molecule has 0 aliphatic carbocycles. The minimum atomic E-state index is -0.177. The summed E-state index contributed by atoms with van der Waals surface area (Å²) in [7, 11) is 0. The molecule has 0 bridgehead atoms. The predicted octanol–water partition coefficient (Wildman–Crippen LogP) is 2.96. The first-order chi connectivity index (χ1) is 8.08. The molecule has 0 aromatic heterocycles. The van der Waals surface area contributed by atoms with Crippen LogP contribution in [0.5, 0.6) is 0 Å². The van der Waals surface area contributed by atoms with Gasteiger partial charge in [-0.15, -0.1) is 0 Å². The van der Waals surface area contributed by atoms with Crippen LogP contribution in [0.25, 0.3) is 0 Å². The van der Waals surface area contributed by atoms with Crippen molar-refractivity contribution in [2.45, 2.75) is 32.9 Å². The van der Waals surface area contributed by atoms with Crippen molar-refractivity contribution in [2.24, 2.45) is 5.92 Å². The number of hydrogen-bond acceptors (Lipinski definition) is 2. The van der Waals surface area contributed by atoms with E-state index in [9.17, 15) is 5.11 Å². The van der Waals surface area contributed by atoms with Gasteiger partial charge < -0.3 is 5.11 Å². The van der Waals surface area contributed by atoms with Gasteiger partial charge in [0.1, 0.15) is 0 Å². The number of halogens is 1. The minimum absolute atomic E-state index is 0.177. The molecule has 1 aliphatic rings. The van der Waals surface area contributed by atoms with E-state index in [4.69, 9.17) is 0 Å². The highest BCUT2D eigenvalue weighted by Crippen LogP contribution is 2.25. The van der Waals surface area contributed by atoms with Crippen molar-refractivity contribution >= 4 is 15.9 Å². The highest BCUT2D eigenvalue weighted by Gasteiger charge is 2.26. The Morgan fingerprint density at radius 2 is 2.29 bits per heavy atom. The largest absolute Gasteiger partial charge is 0.393 e. The molecule has 2 nitrogen and oxygen atoms in total. The van der Waals surface area contributed by atoms with Gasteiger partial charge in [0.15, 0.2) is 0 Å². The second-order valence-corrected chi connectivity index (χ2v) is 5.90. The molecule has 1 N–H and O–H groups in total. The summed E-state index contributed by atoms with van der Waals surface area (Å²) in [5.41, 5.74) is 2.71. The summed E-state index contributed by atoms with van der Waals surface area (Å²) in [5, 5.41) is 9.60. The predicted molar refractivity (Wildman–Crippen MR) is 73.9 cm³/mol. The van der Waals surface area contributed by atoms with Crippen molar-refractivity contribution in [3.05, 3.63) is 33.8 Å². The summed E-state index contributed by atoms with van der Waals surface area (Å²) in [6, 6.07) is 6.37. The lowest BCUT2D eigenvalue weighted by atomic mass is 10.0. The lowest BCUT2D eigenvalue weighted by Gasteiger charge is -2.19. The molecule has 2 rings (SSSR count). The van der Waals surface area contributed by atoms with Crippen LogP contribution in [0, 0.1) is 12.8 Å². The molecule has 94 valence electrons. The van der Waals surface area contributed by atoms with E-state index < -0.39 is 0 Å². The summed E-state index contributed by atoms with van der Waals surface area (Å²) in [4.78, 5) is 2.44. The van der Waals surface area contributed by atoms with Gasteiger partial charge in [0.25, 0.3) is 0 Å². The highest BCUT2D eigenvalue weighted by molar-refractivity contribution is 9.10. The summed E-state index contributed by atoms with van der Waals surface area (Å²) < 4.78 is 1.18. The molecule has 1 saturated heterocycles. The number of benzene rings is 1. The highest BCUT2D eigenvalue weighted by atomic mass is 79.9. The lowest BCUT2D eigenvalue weighted by molar-refractivity contribution is 0.127. The van der Waals surface area contributed by atoms with Gasteiger partial charge in [-0.25, -0.2) is 0 Å². The van der Waals surface area contributed by atoms with Gasteiger partial charge in [-0.05, 0) is 49.9 Å². The molecular formula is C14H20BrNO. The third kappa shape index (κ3) is 3.09. The first-order valence-corrected chi connectivity index (χ1v) is 7.01. The first kappa shape index (κ1) is 13.1. The Balaban J connectivity index is 2.00. The Morgan fingerprint density at radius 1 is 1.53 bits per heavy atom. The molecule has 1 aromatic rings. The first-order valence-electron chi connectivity index (χ1n) is 6.22. The molecule has 0 radical (unpaired) electrons. The van der Waals surface area contributed by atoms with E-state index in [0.29, 0.717) is 5.92 Å². The van der Waals surface area contributed by atoms with E-state index in [0.717, 1.165) is 26.1 Å². The maximum absolute atomic E-state index is 9.60. The Kier molecular flexibility index (Phi) is 4.23. The van der Waals surface area contributed by atoms with E-state index in [1.807, 2.05) is 6.92 Å². The zero-order chi connectivity index (χ0) is 12.4. The van der Waals surface area contributed by atoms with Gasteiger partial charge in [0.05, 0.1) is 6.10 Å². The van der Waals surface area contributed by atoms with Gasteiger partial charge in [-0.1, -0.05) is 28.1 Å². The van der Waals surface area contributed by atoms with Gasteiger partial charge in [0.2, 0.25) is 0 Å². The molecule has 2 unspecified atom stereocenters. The minimum Gasteiger partial charge on any atom is -0.393 e. The SMILES string of the molecule is Cc1c(Br)cccc1CN1CCC(C(C)O)C1. The Labute approximate surface area is 112 Å². The van der Waals surface area contributed by atoms with Crippen LogP contribution in [0.15, 0.2) is 22.7 Å². The third-order valence-electron chi connectivity index (χ3n) is 3.76. The van der Waals surface area contributed by atoms with Crippen LogP contribution in [0.1, 0.15) is 24.5 Å². The average molecular weight is 298 g/mol. The second kappa shape index (κ2) is 5.51. The van der Waals surface area contributed by atoms with Crippen LogP contribution in [0.4, 0.5) is 0 Å². The Bertz CT molecular complexity index is 392. The van der Waals surface area contributed by atoms with E-state index in [1.165, 1.54) is 15.6 Å². The van der Waals surface area contributed by atoms with E-state index in [-0.39, 0.29) is 6.10 Å². The van der Waals surface area contributed by atoms with Gasteiger partial charge in [-0.3, -0.25) is 4.90 Å². The molecule has 0 saturated carbocycles. The second-order valence-electron chi connectivity index (χ2n) is 5.05. The monoisotopic (exact) mass is 297 g/mol. The van der Waals surface area contributed by atoms with Crippen LogP contribution < -0.4 is 0 Å². The molecule has 2 atom stereocenters. The zero-order valence-electron chi connectivity index (χ0n) is 10.5. The van der Waals surface area contributed by atoms with Gasteiger partial charge >= 0.3 is 0 Å². The van der Waals surface area contributed by atoms with Crippen molar-refractivity contribution in [2.75, 3.05) is 13.1 Å². The van der Waals surface area contributed by atoms with Crippen LogP contribution >= 0.6 is 15.9 Å². The number of nitrogens with zero attached hydrogens (tertiary/aromatic N) is 1. The number of rotatable bonds is 3. The van der Waals surface area contributed by atoms with Crippen molar-refractivity contribution in [3.63, 3.8) is 0 Å². The Morgan fingerprint density at radius 3 is 2.94 bits per heavy atom. The summed E-state index contributed by atoms with van der Waals surface area (Å²) in [6.07, 6.45) is 0.939. The van der Waals surface area contributed by atoms with Crippen molar-refractivity contribution in [1.82, 2.24) is 4.90 Å². The molecule has 0 spiro atoms. The number of likely N-dealkylation sites (tertiary alicyclic amines) is 1. The molecule has 3 heteroatoms. The van der Waals surface area contributed by atoms with Crippen LogP contribution in [-0.4, -0.2) is 29.2 Å². The van der Waals surface area contributed by atoms with Crippen molar-refractivity contribution in [3.8, 4) is 0 Å². The number of hydrogen-bond donors (Lipinski definition) is 1. The van der Waals surface area contributed by atoms with Crippen LogP contribution in [-0.2, 0) is 6.54 Å². The van der Waals surface area contributed by atoms with Crippen LogP contribution in [0.3, 0.4) is 0 Å². The fraction of sp³-hybridized carbons (Fsp3) is 0.571. The topological polar surface area (TPSA) is 23.5 Å². The normalized spacial score (nSPS) is 22.9. The summed E-state index contributed by atoms with van der Waals surface area (Å²) >= 11 is 3.57. The van der Waals surface area contributed by atoms with Gasteiger partial charge in [-0.2, -0.15) is 0 Å². The standard InChI is InChI=1S/C14H20BrNO/c1-10-12(4-3-5-14(10)15)8-16-7-6-13(9-16)11(2)17/h3-5,11,13,17H,6-9H2,1-2H3. The third-order valence-corrected chi connectivity index (χ3v) is 4.62. The van der Waals surface area contributed by atoms with E-state index >= 15 is 0 Å². The zero-order valence-corrected chi connectivity index (χ0v) is 12.1. The molecule has 1 aromatic carbocycles. The smallest absolute Gasteiger partial charge is 0.0552 e. The number of aliphatic hydroxyl groups is 1. The summed E-state index contributed by atoms with van der Waals surface area (Å²) in [5.74, 6) is 0.447. The van der Waals surface area contributed by atoms with E-state index in [2.05, 4.69) is 46.0 Å². The van der Waals surface area contributed by atoms with E-state index in [1.54, 1.807) is 0 Å². The lowest BCUT2D eigenvalue weighted by Crippen LogP contribution is -2.24. The van der Waals surface area contributed by atoms with Gasteiger partial charge in [0, 0.05) is 17.6 Å². The number of aliphatic hydroxyl groups excluding tert-OH is 1. The Hall–Kier alpha value is -0.380. The van der Waals surface area contributed by atoms with Crippen molar-refractivity contribution < 1.29 is 5.11 Å². The fourth-order valence-electron chi connectivity index (χ4n) is 2.46. The van der Waals surface area contributed by atoms with Crippen molar-refractivity contribution in [1.29, 1.82) is 0 Å². The molecule has 1 fully saturated rings. The molecule has 17 heavy (non-hydrogen) atoms. The molecule has 1 aliphatic heterocycles. The maximum Gasteiger partial charge on any atom is 0.0552 e. The average Bonchev–Trinajstić information content (AvgIpc) is 2.73. The maximum atomic E-state index is 9.60. The molecular weight excluding hydrogens is 278 g/mol. The molecule has 1 heterocycles.